The second kappa shape index (κ2) is 6.63. The Balaban J connectivity index is 1.34. The lowest BCUT2D eigenvalue weighted by atomic mass is 9.97. The van der Waals surface area contributed by atoms with Gasteiger partial charge in [-0.3, -0.25) is 9.78 Å². The molecule has 1 aliphatic carbocycles. The lowest BCUT2D eigenvalue weighted by Gasteiger charge is -2.36. The number of carbonyl (C=O) groups excluding carboxylic acids is 1. The van der Waals surface area contributed by atoms with Crippen LogP contribution in [0.4, 0.5) is 5.69 Å². The van der Waals surface area contributed by atoms with Crippen LogP contribution < -0.4 is 4.90 Å². The molecular weight excluding hydrogens is 298 g/mol. The SMILES string of the molecule is O=C(CC1CCc2ccccc21)N1CCN(c2ccncc2)CC1. The molecule has 1 fully saturated rings. The largest absolute Gasteiger partial charge is 0.368 e. The van der Waals surface area contributed by atoms with Crippen molar-refractivity contribution < 1.29 is 4.79 Å². The molecule has 1 saturated heterocycles. The fourth-order valence-corrected chi connectivity index (χ4v) is 3.97. The summed E-state index contributed by atoms with van der Waals surface area (Å²) in [6.07, 6.45) is 6.53. The Kier molecular flexibility index (Phi) is 4.20. The molecule has 0 N–H and O–H groups in total. The summed E-state index contributed by atoms with van der Waals surface area (Å²) in [4.78, 5) is 21.1. The van der Waals surface area contributed by atoms with Crippen molar-refractivity contribution in [2.45, 2.75) is 25.2 Å². The summed E-state index contributed by atoms with van der Waals surface area (Å²) < 4.78 is 0. The number of aromatic nitrogens is 1. The van der Waals surface area contributed by atoms with E-state index in [2.05, 4.69) is 34.1 Å². The fourth-order valence-electron chi connectivity index (χ4n) is 3.97. The molecule has 0 radical (unpaired) electrons. The molecule has 2 aliphatic rings. The van der Waals surface area contributed by atoms with Crippen LogP contribution >= 0.6 is 0 Å². The quantitative estimate of drug-likeness (QED) is 0.872. The van der Waals surface area contributed by atoms with Gasteiger partial charge in [0.2, 0.25) is 5.91 Å². The summed E-state index contributed by atoms with van der Waals surface area (Å²) in [5, 5.41) is 0. The summed E-state index contributed by atoms with van der Waals surface area (Å²) in [5.74, 6) is 0.720. The van der Waals surface area contributed by atoms with Gasteiger partial charge >= 0.3 is 0 Å². The number of piperazine rings is 1. The lowest BCUT2D eigenvalue weighted by molar-refractivity contribution is -0.131. The second-order valence-corrected chi connectivity index (χ2v) is 6.71. The van der Waals surface area contributed by atoms with E-state index in [-0.39, 0.29) is 0 Å². The molecule has 0 bridgehead atoms. The van der Waals surface area contributed by atoms with Gasteiger partial charge in [-0.1, -0.05) is 24.3 Å². The van der Waals surface area contributed by atoms with E-state index in [1.54, 1.807) is 0 Å². The zero-order valence-corrected chi connectivity index (χ0v) is 13.9. The number of rotatable bonds is 3. The topological polar surface area (TPSA) is 36.4 Å². The first-order valence-electron chi connectivity index (χ1n) is 8.82. The maximum atomic E-state index is 12.7. The van der Waals surface area contributed by atoms with E-state index in [1.807, 2.05) is 29.4 Å². The van der Waals surface area contributed by atoms with Gasteiger partial charge in [-0.05, 0) is 42.0 Å². The Morgan fingerprint density at radius 2 is 1.79 bits per heavy atom. The van der Waals surface area contributed by atoms with Gasteiger partial charge in [0.25, 0.3) is 0 Å². The zero-order valence-electron chi connectivity index (χ0n) is 13.9. The van der Waals surface area contributed by atoms with Crippen LogP contribution in [-0.2, 0) is 11.2 Å². The molecule has 4 rings (SSSR count). The summed E-state index contributed by atoms with van der Waals surface area (Å²) in [7, 11) is 0. The third-order valence-corrected chi connectivity index (χ3v) is 5.34. The first-order chi connectivity index (χ1) is 11.8. The number of hydrogen-bond donors (Lipinski definition) is 0. The normalized spacial score (nSPS) is 20.1. The maximum absolute atomic E-state index is 12.7. The maximum Gasteiger partial charge on any atom is 0.223 e. The van der Waals surface area contributed by atoms with Crippen molar-refractivity contribution in [1.29, 1.82) is 0 Å². The molecule has 1 unspecified atom stereocenters. The number of amides is 1. The summed E-state index contributed by atoms with van der Waals surface area (Å²) >= 11 is 0. The number of benzene rings is 1. The molecule has 2 heterocycles. The Hall–Kier alpha value is -2.36. The van der Waals surface area contributed by atoms with E-state index < -0.39 is 0 Å². The van der Waals surface area contributed by atoms with Crippen molar-refractivity contribution in [3.05, 3.63) is 59.9 Å². The third kappa shape index (κ3) is 3.01. The standard InChI is InChI=1S/C20H23N3O/c24-20(15-17-6-5-16-3-1-2-4-19(16)17)23-13-11-22(12-14-23)18-7-9-21-10-8-18/h1-4,7-10,17H,5-6,11-15H2. The number of nitrogens with zero attached hydrogens (tertiary/aromatic N) is 3. The number of pyridine rings is 1. The van der Waals surface area contributed by atoms with Crippen molar-refractivity contribution in [1.82, 2.24) is 9.88 Å². The third-order valence-electron chi connectivity index (χ3n) is 5.34. The van der Waals surface area contributed by atoms with Crippen molar-refractivity contribution in [3.8, 4) is 0 Å². The molecule has 1 atom stereocenters. The lowest BCUT2D eigenvalue weighted by Crippen LogP contribution is -2.49. The highest BCUT2D eigenvalue weighted by Gasteiger charge is 2.28. The Bertz CT molecular complexity index is 708. The first-order valence-corrected chi connectivity index (χ1v) is 8.82. The molecule has 4 nitrogen and oxygen atoms in total. The van der Waals surface area contributed by atoms with Gasteiger partial charge in [-0.25, -0.2) is 0 Å². The molecule has 124 valence electrons. The molecule has 0 spiro atoms. The highest BCUT2D eigenvalue weighted by molar-refractivity contribution is 5.77. The van der Waals surface area contributed by atoms with Crippen molar-refractivity contribution >= 4 is 11.6 Å². The molecular formula is C20H23N3O. The molecule has 24 heavy (non-hydrogen) atoms. The van der Waals surface area contributed by atoms with E-state index in [0.29, 0.717) is 18.2 Å². The smallest absolute Gasteiger partial charge is 0.223 e. The first kappa shape index (κ1) is 15.2. The van der Waals surface area contributed by atoms with Crippen molar-refractivity contribution in [3.63, 3.8) is 0 Å². The highest BCUT2D eigenvalue weighted by Crippen LogP contribution is 2.35. The van der Waals surface area contributed by atoms with E-state index >= 15 is 0 Å². The van der Waals surface area contributed by atoms with Crippen molar-refractivity contribution in [2.75, 3.05) is 31.1 Å². The van der Waals surface area contributed by atoms with Crippen LogP contribution in [0.15, 0.2) is 48.8 Å². The predicted molar refractivity (Wildman–Crippen MR) is 95.2 cm³/mol. The van der Waals surface area contributed by atoms with Crippen LogP contribution in [-0.4, -0.2) is 42.0 Å². The summed E-state index contributed by atoms with van der Waals surface area (Å²) in [6.45, 7) is 3.43. The fraction of sp³-hybridized carbons (Fsp3) is 0.400. The molecule has 1 aromatic heterocycles. The minimum atomic E-state index is 0.311. The van der Waals surface area contributed by atoms with Crippen molar-refractivity contribution in [2.24, 2.45) is 0 Å². The van der Waals surface area contributed by atoms with Gasteiger partial charge in [-0.2, -0.15) is 0 Å². The summed E-state index contributed by atoms with van der Waals surface area (Å²) in [5.41, 5.74) is 4.01. The number of aryl methyl sites for hydroxylation is 1. The van der Waals surface area contributed by atoms with Gasteiger partial charge in [0.05, 0.1) is 0 Å². The van der Waals surface area contributed by atoms with Crippen LogP contribution in [0.5, 0.6) is 0 Å². The van der Waals surface area contributed by atoms with Gasteiger partial charge in [0.1, 0.15) is 0 Å². The van der Waals surface area contributed by atoms with E-state index in [0.717, 1.165) is 39.0 Å². The Labute approximate surface area is 143 Å². The molecule has 1 aliphatic heterocycles. The minimum Gasteiger partial charge on any atom is -0.368 e. The average molecular weight is 321 g/mol. The van der Waals surface area contributed by atoms with Crippen LogP contribution in [0, 0.1) is 0 Å². The number of anilines is 1. The second-order valence-electron chi connectivity index (χ2n) is 6.71. The molecule has 4 heteroatoms. The van der Waals surface area contributed by atoms with Gasteiger partial charge in [-0.15, -0.1) is 0 Å². The van der Waals surface area contributed by atoms with Crippen LogP contribution in [0.1, 0.15) is 29.9 Å². The molecule has 1 aromatic carbocycles. The van der Waals surface area contributed by atoms with Crippen LogP contribution in [0.25, 0.3) is 0 Å². The van der Waals surface area contributed by atoms with Crippen LogP contribution in [0.2, 0.25) is 0 Å². The van der Waals surface area contributed by atoms with Gasteiger partial charge < -0.3 is 9.80 Å². The number of hydrogen-bond acceptors (Lipinski definition) is 3. The van der Waals surface area contributed by atoms with Gasteiger partial charge in [0, 0.05) is 50.7 Å². The number of carbonyl (C=O) groups is 1. The monoisotopic (exact) mass is 321 g/mol. The highest BCUT2D eigenvalue weighted by atomic mass is 16.2. The Morgan fingerprint density at radius 1 is 1.04 bits per heavy atom. The minimum absolute atomic E-state index is 0.311. The zero-order chi connectivity index (χ0) is 16.4. The van der Waals surface area contributed by atoms with E-state index in [9.17, 15) is 4.79 Å². The molecule has 2 aromatic rings. The van der Waals surface area contributed by atoms with E-state index in [4.69, 9.17) is 0 Å². The number of fused-ring (bicyclic) bond motifs is 1. The Morgan fingerprint density at radius 3 is 2.58 bits per heavy atom. The predicted octanol–water partition coefficient (Wildman–Crippen LogP) is 2.85. The van der Waals surface area contributed by atoms with Crippen LogP contribution in [0.3, 0.4) is 0 Å². The summed E-state index contributed by atoms with van der Waals surface area (Å²) in [6, 6.07) is 12.7. The van der Waals surface area contributed by atoms with E-state index in [1.165, 1.54) is 16.8 Å². The average Bonchev–Trinajstić information content (AvgIpc) is 3.06. The van der Waals surface area contributed by atoms with Gasteiger partial charge in [0.15, 0.2) is 0 Å². The molecule has 0 saturated carbocycles. The molecule has 1 amide bonds.